The predicted octanol–water partition coefficient (Wildman–Crippen LogP) is 3.36. The van der Waals surface area contributed by atoms with Crippen molar-refractivity contribution in [3.05, 3.63) is 60.2 Å². The zero-order chi connectivity index (χ0) is 16.1. The molecule has 0 aliphatic carbocycles. The molecule has 1 aliphatic rings. The molecule has 0 bridgehead atoms. The molecule has 1 aliphatic heterocycles. The number of halogens is 1. The average Bonchev–Trinajstić information content (AvgIpc) is 2.62. The molecule has 24 heavy (non-hydrogen) atoms. The first-order chi connectivity index (χ1) is 11.3. The molecule has 0 aromatic heterocycles. The molecule has 4 nitrogen and oxygen atoms in total. The Balaban J connectivity index is 0.00000208. The van der Waals surface area contributed by atoms with Crippen molar-refractivity contribution in [2.75, 3.05) is 25.0 Å². The van der Waals surface area contributed by atoms with Crippen LogP contribution in [0.2, 0.25) is 0 Å². The molecule has 0 spiro atoms. The number of nitrogens with zero attached hydrogens (tertiary/aromatic N) is 1. The van der Waals surface area contributed by atoms with E-state index in [4.69, 9.17) is 0 Å². The van der Waals surface area contributed by atoms with Gasteiger partial charge in [-0.15, -0.1) is 12.4 Å². The minimum absolute atomic E-state index is 0. The Morgan fingerprint density at radius 2 is 1.83 bits per heavy atom. The van der Waals surface area contributed by atoms with Gasteiger partial charge in [0.2, 0.25) is 0 Å². The van der Waals surface area contributed by atoms with Crippen molar-refractivity contribution >= 4 is 29.7 Å². The van der Waals surface area contributed by atoms with Crippen molar-refractivity contribution in [1.29, 1.82) is 0 Å². The Morgan fingerprint density at radius 1 is 1.12 bits per heavy atom. The maximum atomic E-state index is 12.7. The van der Waals surface area contributed by atoms with Gasteiger partial charge in [0, 0.05) is 25.3 Å². The second-order valence-electron chi connectivity index (χ2n) is 5.93. The number of rotatable bonds is 4. The van der Waals surface area contributed by atoms with Crippen LogP contribution < -0.4 is 15.5 Å². The largest absolute Gasteiger partial charge is 0.348 e. The van der Waals surface area contributed by atoms with E-state index in [9.17, 15) is 4.79 Å². The highest BCUT2D eigenvalue weighted by Gasteiger charge is 2.19. The zero-order valence-electron chi connectivity index (χ0n) is 13.9. The number of hydrogen-bond donors (Lipinski definition) is 2. The first-order valence-corrected chi connectivity index (χ1v) is 8.15. The smallest absolute Gasteiger partial charge is 0.253 e. The van der Waals surface area contributed by atoms with Crippen LogP contribution >= 0.6 is 12.4 Å². The summed E-state index contributed by atoms with van der Waals surface area (Å²) in [5.74, 6) is -0.00270. The normalized spacial score (nSPS) is 16.8. The molecular formula is C19H24ClN3O. The SMILES string of the molecule is CN(c1ccccc1)c1ccccc1C(=O)N[C@H]1CCCNC1.Cl. The molecule has 0 radical (unpaired) electrons. The zero-order valence-corrected chi connectivity index (χ0v) is 14.7. The number of carbonyl (C=O) groups excluding carboxylic acids is 1. The standard InChI is InChI=1S/C19H23N3O.ClH/c1-22(16-9-3-2-4-10-16)18-12-6-5-11-17(18)19(23)21-15-8-7-13-20-14-15;/h2-6,9-12,15,20H,7-8,13-14H2,1H3,(H,21,23);1H/t15-;/m0./s1. The summed E-state index contributed by atoms with van der Waals surface area (Å²) in [6, 6.07) is 18.0. The van der Waals surface area contributed by atoms with Crippen LogP contribution in [0.3, 0.4) is 0 Å². The van der Waals surface area contributed by atoms with Crippen LogP contribution in [-0.4, -0.2) is 32.1 Å². The van der Waals surface area contributed by atoms with Crippen LogP contribution in [0.25, 0.3) is 0 Å². The predicted molar refractivity (Wildman–Crippen MR) is 102 cm³/mol. The summed E-state index contributed by atoms with van der Waals surface area (Å²) in [6.45, 7) is 1.89. The lowest BCUT2D eigenvalue weighted by atomic mass is 10.1. The molecule has 0 unspecified atom stereocenters. The van der Waals surface area contributed by atoms with Gasteiger partial charge in [-0.3, -0.25) is 4.79 Å². The molecule has 1 atom stereocenters. The average molecular weight is 346 g/mol. The van der Waals surface area contributed by atoms with E-state index in [0.29, 0.717) is 5.56 Å². The Hall–Kier alpha value is -2.04. The van der Waals surface area contributed by atoms with Gasteiger partial charge in [0.1, 0.15) is 0 Å². The number of piperidine rings is 1. The van der Waals surface area contributed by atoms with Crippen molar-refractivity contribution < 1.29 is 4.79 Å². The summed E-state index contributed by atoms with van der Waals surface area (Å²) in [4.78, 5) is 14.8. The number of nitrogens with one attached hydrogen (secondary N) is 2. The van der Waals surface area contributed by atoms with E-state index in [1.54, 1.807) is 0 Å². The minimum Gasteiger partial charge on any atom is -0.348 e. The summed E-state index contributed by atoms with van der Waals surface area (Å²) in [5.41, 5.74) is 2.69. The van der Waals surface area contributed by atoms with Crippen LogP contribution in [-0.2, 0) is 0 Å². The van der Waals surface area contributed by atoms with Gasteiger partial charge in [-0.2, -0.15) is 0 Å². The van der Waals surface area contributed by atoms with E-state index >= 15 is 0 Å². The third kappa shape index (κ3) is 4.28. The topological polar surface area (TPSA) is 44.4 Å². The van der Waals surface area contributed by atoms with Gasteiger partial charge < -0.3 is 15.5 Å². The van der Waals surface area contributed by atoms with E-state index in [1.165, 1.54) is 0 Å². The van der Waals surface area contributed by atoms with Gasteiger partial charge in [0.15, 0.2) is 0 Å². The number of amides is 1. The maximum Gasteiger partial charge on any atom is 0.253 e. The molecule has 2 aromatic carbocycles. The molecule has 1 fully saturated rings. The van der Waals surface area contributed by atoms with E-state index in [-0.39, 0.29) is 24.4 Å². The highest BCUT2D eigenvalue weighted by Crippen LogP contribution is 2.26. The van der Waals surface area contributed by atoms with Crippen LogP contribution in [0, 0.1) is 0 Å². The number of hydrogen-bond acceptors (Lipinski definition) is 3. The quantitative estimate of drug-likeness (QED) is 0.893. The first kappa shape index (κ1) is 18.3. The third-order valence-corrected chi connectivity index (χ3v) is 4.29. The van der Waals surface area contributed by atoms with Crippen molar-refractivity contribution in [3.8, 4) is 0 Å². The van der Waals surface area contributed by atoms with Crippen LogP contribution in [0.5, 0.6) is 0 Å². The summed E-state index contributed by atoms with van der Waals surface area (Å²) in [7, 11) is 1.99. The van der Waals surface area contributed by atoms with E-state index in [1.807, 2.05) is 66.5 Å². The monoisotopic (exact) mass is 345 g/mol. The fraction of sp³-hybridized carbons (Fsp3) is 0.316. The lowest BCUT2D eigenvalue weighted by Crippen LogP contribution is -2.45. The summed E-state index contributed by atoms with van der Waals surface area (Å²) >= 11 is 0. The van der Waals surface area contributed by atoms with Gasteiger partial charge in [-0.25, -0.2) is 0 Å². The first-order valence-electron chi connectivity index (χ1n) is 8.15. The molecule has 5 heteroatoms. The molecule has 2 N–H and O–H groups in total. The number of para-hydroxylation sites is 2. The van der Waals surface area contributed by atoms with Gasteiger partial charge in [-0.05, 0) is 43.7 Å². The summed E-state index contributed by atoms with van der Waals surface area (Å²) < 4.78 is 0. The molecule has 3 rings (SSSR count). The molecule has 1 amide bonds. The van der Waals surface area contributed by atoms with Crippen LogP contribution in [0.15, 0.2) is 54.6 Å². The van der Waals surface area contributed by atoms with Gasteiger partial charge in [0.25, 0.3) is 5.91 Å². The van der Waals surface area contributed by atoms with Crippen molar-refractivity contribution in [1.82, 2.24) is 10.6 Å². The molecule has 0 saturated carbocycles. The van der Waals surface area contributed by atoms with Crippen molar-refractivity contribution in [2.45, 2.75) is 18.9 Å². The number of anilines is 2. The lowest BCUT2D eigenvalue weighted by Gasteiger charge is -2.26. The fourth-order valence-corrected chi connectivity index (χ4v) is 2.99. The molecule has 2 aromatic rings. The second kappa shape index (κ2) is 8.71. The molecular weight excluding hydrogens is 322 g/mol. The lowest BCUT2D eigenvalue weighted by molar-refractivity contribution is 0.0931. The maximum absolute atomic E-state index is 12.7. The Kier molecular flexibility index (Phi) is 6.64. The highest BCUT2D eigenvalue weighted by molar-refractivity contribution is 6.00. The fourth-order valence-electron chi connectivity index (χ4n) is 2.99. The minimum atomic E-state index is -0.00270. The van der Waals surface area contributed by atoms with Gasteiger partial charge in [0.05, 0.1) is 11.3 Å². The Bertz CT molecular complexity index is 657. The van der Waals surface area contributed by atoms with E-state index in [2.05, 4.69) is 10.6 Å². The van der Waals surface area contributed by atoms with Gasteiger partial charge >= 0.3 is 0 Å². The molecule has 128 valence electrons. The second-order valence-corrected chi connectivity index (χ2v) is 5.93. The number of carbonyl (C=O) groups is 1. The Labute approximate surface area is 149 Å². The molecule has 1 heterocycles. The van der Waals surface area contributed by atoms with Crippen molar-refractivity contribution in [2.24, 2.45) is 0 Å². The van der Waals surface area contributed by atoms with E-state index < -0.39 is 0 Å². The molecule has 1 saturated heterocycles. The van der Waals surface area contributed by atoms with Crippen LogP contribution in [0.4, 0.5) is 11.4 Å². The van der Waals surface area contributed by atoms with E-state index in [0.717, 1.165) is 37.3 Å². The van der Waals surface area contributed by atoms with Gasteiger partial charge in [-0.1, -0.05) is 30.3 Å². The number of benzene rings is 2. The van der Waals surface area contributed by atoms with Crippen molar-refractivity contribution in [3.63, 3.8) is 0 Å². The highest BCUT2D eigenvalue weighted by atomic mass is 35.5. The summed E-state index contributed by atoms with van der Waals surface area (Å²) in [6.07, 6.45) is 2.14. The third-order valence-electron chi connectivity index (χ3n) is 4.29. The Morgan fingerprint density at radius 3 is 2.54 bits per heavy atom. The van der Waals surface area contributed by atoms with Crippen LogP contribution in [0.1, 0.15) is 23.2 Å². The summed E-state index contributed by atoms with van der Waals surface area (Å²) in [5, 5.41) is 6.48.